The maximum Gasteiger partial charge on any atom is 0.234 e. The van der Waals surface area contributed by atoms with Crippen LogP contribution >= 0.6 is 0 Å². The van der Waals surface area contributed by atoms with Crippen LogP contribution in [0, 0.1) is 5.41 Å². The van der Waals surface area contributed by atoms with Crippen molar-refractivity contribution < 1.29 is 9.53 Å². The minimum Gasteiger partial charge on any atom is -0.381 e. The Labute approximate surface area is 127 Å². The second-order valence-electron chi connectivity index (χ2n) is 5.74. The normalized spacial score (nSPS) is 17.4. The van der Waals surface area contributed by atoms with Crippen LogP contribution in [0.5, 0.6) is 0 Å². The molecule has 1 aromatic rings. The molecule has 116 valence electrons. The van der Waals surface area contributed by atoms with Crippen LogP contribution in [0.4, 0.5) is 5.69 Å². The fraction of sp³-hybridized carbons (Fsp3) is 0.588. The van der Waals surface area contributed by atoms with E-state index in [1.807, 2.05) is 35.2 Å². The summed E-state index contributed by atoms with van der Waals surface area (Å²) in [6.07, 6.45) is 3.50. The van der Waals surface area contributed by atoms with Crippen molar-refractivity contribution in [3.05, 3.63) is 30.3 Å². The van der Waals surface area contributed by atoms with Crippen molar-refractivity contribution in [1.29, 1.82) is 0 Å². The number of carbonyl (C=O) groups is 1. The second-order valence-corrected chi connectivity index (χ2v) is 5.74. The van der Waals surface area contributed by atoms with Gasteiger partial charge in [0.1, 0.15) is 0 Å². The van der Waals surface area contributed by atoms with Crippen LogP contribution < -0.4 is 10.6 Å². The third kappa shape index (κ3) is 3.63. The lowest BCUT2D eigenvalue weighted by Crippen LogP contribution is -2.51. The summed E-state index contributed by atoms with van der Waals surface area (Å²) in [4.78, 5) is 15.1. The van der Waals surface area contributed by atoms with Gasteiger partial charge in [0.05, 0.1) is 5.41 Å². The van der Waals surface area contributed by atoms with E-state index in [0.29, 0.717) is 19.8 Å². The Morgan fingerprint density at radius 3 is 2.52 bits per heavy atom. The molecular weight excluding hydrogens is 264 g/mol. The molecule has 1 aliphatic heterocycles. The van der Waals surface area contributed by atoms with Gasteiger partial charge in [-0.2, -0.15) is 0 Å². The van der Waals surface area contributed by atoms with E-state index in [1.165, 1.54) is 0 Å². The lowest BCUT2D eigenvalue weighted by Gasteiger charge is -2.39. The lowest BCUT2D eigenvalue weighted by atomic mass is 9.78. The number of anilines is 1. The zero-order valence-electron chi connectivity index (χ0n) is 12.9. The Morgan fingerprint density at radius 2 is 1.95 bits per heavy atom. The molecule has 0 saturated carbocycles. The van der Waals surface area contributed by atoms with Gasteiger partial charge >= 0.3 is 0 Å². The van der Waals surface area contributed by atoms with Gasteiger partial charge in [0.15, 0.2) is 0 Å². The highest BCUT2D eigenvalue weighted by molar-refractivity contribution is 5.97. The van der Waals surface area contributed by atoms with Crippen molar-refractivity contribution in [3.8, 4) is 0 Å². The van der Waals surface area contributed by atoms with Gasteiger partial charge in [-0.05, 0) is 31.4 Å². The molecule has 0 unspecified atom stereocenters. The van der Waals surface area contributed by atoms with Gasteiger partial charge in [-0.25, -0.2) is 0 Å². The summed E-state index contributed by atoms with van der Waals surface area (Å²) in [6.45, 7) is 4.53. The van der Waals surface area contributed by atoms with Gasteiger partial charge in [-0.15, -0.1) is 0 Å². The predicted molar refractivity (Wildman–Crippen MR) is 85.2 cm³/mol. The van der Waals surface area contributed by atoms with E-state index in [-0.39, 0.29) is 5.91 Å². The zero-order valence-corrected chi connectivity index (χ0v) is 12.9. The van der Waals surface area contributed by atoms with Crippen molar-refractivity contribution in [3.63, 3.8) is 0 Å². The van der Waals surface area contributed by atoms with E-state index in [4.69, 9.17) is 10.5 Å². The highest BCUT2D eigenvalue weighted by atomic mass is 16.5. The van der Waals surface area contributed by atoms with Gasteiger partial charge in [0.2, 0.25) is 5.91 Å². The molecule has 0 spiro atoms. The SMILES string of the molecule is CCCCN(C(=O)C1(CN)CCOCC1)c1ccccc1. The van der Waals surface area contributed by atoms with E-state index in [1.54, 1.807) is 0 Å². The molecule has 0 radical (unpaired) electrons. The standard InChI is InChI=1S/C17H26N2O2/c1-2-3-11-19(15-7-5-4-6-8-15)16(20)17(14-18)9-12-21-13-10-17/h4-8H,2-3,9-14,18H2,1H3. The zero-order chi connectivity index (χ0) is 15.1. The van der Waals surface area contributed by atoms with Gasteiger partial charge < -0.3 is 15.4 Å². The van der Waals surface area contributed by atoms with Crippen LogP contribution in [-0.2, 0) is 9.53 Å². The number of benzene rings is 1. The maximum atomic E-state index is 13.1. The molecule has 1 fully saturated rings. The fourth-order valence-electron chi connectivity index (χ4n) is 2.83. The van der Waals surface area contributed by atoms with Crippen LogP contribution in [0.2, 0.25) is 0 Å². The molecule has 1 amide bonds. The third-order valence-corrected chi connectivity index (χ3v) is 4.34. The van der Waals surface area contributed by atoms with Gasteiger partial charge in [-0.3, -0.25) is 4.79 Å². The number of hydrogen-bond donors (Lipinski definition) is 1. The summed E-state index contributed by atoms with van der Waals surface area (Å²) < 4.78 is 5.42. The lowest BCUT2D eigenvalue weighted by molar-refractivity contribution is -0.133. The molecule has 0 bridgehead atoms. The van der Waals surface area contributed by atoms with Crippen molar-refractivity contribution in [2.75, 3.05) is 31.2 Å². The summed E-state index contributed by atoms with van der Waals surface area (Å²) in [5.74, 6) is 0.160. The van der Waals surface area contributed by atoms with E-state index in [9.17, 15) is 4.79 Å². The molecule has 1 aromatic carbocycles. The first-order chi connectivity index (χ1) is 10.2. The highest BCUT2D eigenvalue weighted by Gasteiger charge is 2.41. The Morgan fingerprint density at radius 1 is 1.29 bits per heavy atom. The second kappa shape index (κ2) is 7.57. The van der Waals surface area contributed by atoms with Crippen molar-refractivity contribution in [1.82, 2.24) is 0 Å². The summed E-state index contributed by atoms with van der Waals surface area (Å²) >= 11 is 0. The molecule has 0 atom stereocenters. The topological polar surface area (TPSA) is 55.6 Å². The fourth-order valence-corrected chi connectivity index (χ4v) is 2.83. The Kier molecular flexibility index (Phi) is 5.76. The van der Waals surface area contributed by atoms with Crippen molar-refractivity contribution in [2.45, 2.75) is 32.6 Å². The number of ether oxygens (including phenoxy) is 1. The number of nitrogens with two attached hydrogens (primary N) is 1. The first-order valence-electron chi connectivity index (χ1n) is 7.88. The number of unbranched alkanes of at least 4 members (excludes halogenated alkanes) is 1. The molecule has 21 heavy (non-hydrogen) atoms. The molecule has 0 aromatic heterocycles. The van der Waals surface area contributed by atoms with Crippen LogP contribution in [-0.4, -0.2) is 32.2 Å². The smallest absolute Gasteiger partial charge is 0.234 e. The van der Waals surface area contributed by atoms with Gasteiger partial charge in [-0.1, -0.05) is 31.5 Å². The predicted octanol–water partition coefficient (Wildman–Crippen LogP) is 2.58. The first-order valence-corrected chi connectivity index (χ1v) is 7.88. The average Bonchev–Trinajstić information content (AvgIpc) is 2.56. The molecule has 4 nitrogen and oxygen atoms in total. The number of carbonyl (C=O) groups excluding carboxylic acids is 1. The summed E-state index contributed by atoms with van der Waals surface area (Å²) in [5.41, 5.74) is 6.49. The molecule has 4 heteroatoms. The van der Waals surface area contributed by atoms with Crippen molar-refractivity contribution >= 4 is 11.6 Å². The van der Waals surface area contributed by atoms with Crippen LogP contribution in [0.15, 0.2) is 30.3 Å². The molecule has 1 aliphatic rings. The van der Waals surface area contributed by atoms with Gasteiger partial charge in [0, 0.05) is 32.0 Å². The number of para-hydroxylation sites is 1. The third-order valence-electron chi connectivity index (χ3n) is 4.34. The van der Waals surface area contributed by atoms with Gasteiger partial charge in [0.25, 0.3) is 0 Å². The van der Waals surface area contributed by atoms with E-state index in [2.05, 4.69) is 6.92 Å². The van der Waals surface area contributed by atoms with Crippen LogP contribution in [0.3, 0.4) is 0 Å². The van der Waals surface area contributed by atoms with Crippen LogP contribution in [0.1, 0.15) is 32.6 Å². The summed E-state index contributed by atoms with van der Waals surface area (Å²) in [6, 6.07) is 9.91. The minimum absolute atomic E-state index is 0.160. The first kappa shape index (κ1) is 16.0. The summed E-state index contributed by atoms with van der Waals surface area (Å²) in [5, 5.41) is 0. The van der Waals surface area contributed by atoms with Crippen LogP contribution in [0.25, 0.3) is 0 Å². The Hall–Kier alpha value is -1.39. The van der Waals surface area contributed by atoms with E-state index in [0.717, 1.165) is 37.9 Å². The molecular formula is C17H26N2O2. The number of hydrogen-bond acceptors (Lipinski definition) is 3. The molecule has 2 N–H and O–H groups in total. The number of rotatable bonds is 6. The molecule has 0 aliphatic carbocycles. The molecule has 2 rings (SSSR count). The minimum atomic E-state index is -0.457. The van der Waals surface area contributed by atoms with E-state index >= 15 is 0 Å². The number of nitrogens with zero attached hydrogens (tertiary/aromatic N) is 1. The summed E-state index contributed by atoms with van der Waals surface area (Å²) in [7, 11) is 0. The monoisotopic (exact) mass is 290 g/mol. The molecule has 1 saturated heterocycles. The highest BCUT2D eigenvalue weighted by Crippen LogP contribution is 2.33. The molecule has 1 heterocycles. The number of amides is 1. The maximum absolute atomic E-state index is 13.1. The Balaban J connectivity index is 2.24. The largest absolute Gasteiger partial charge is 0.381 e. The average molecular weight is 290 g/mol. The Bertz CT molecular complexity index is 441. The van der Waals surface area contributed by atoms with E-state index < -0.39 is 5.41 Å². The quantitative estimate of drug-likeness (QED) is 0.876. The van der Waals surface area contributed by atoms with Crippen molar-refractivity contribution in [2.24, 2.45) is 11.1 Å².